The number of thiophene rings is 2. The number of fused-ring (bicyclic) bond motifs is 2. The van der Waals surface area contributed by atoms with Gasteiger partial charge in [0.25, 0.3) is 11.8 Å². The highest BCUT2D eigenvalue weighted by molar-refractivity contribution is 7.21. The van der Waals surface area contributed by atoms with Crippen LogP contribution in [-0.2, 0) is 12.8 Å². The molecule has 1 atom stereocenters. The van der Waals surface area contributed by atoms with Crippen LogP contribution in [0.15, 0.2) is 41.8 Å². The number of rotatable bonds is 4. The monoisotopic (exact) mass is 462 g/mol. The molecule has 6 nitrogen and oxygen atoms in total. The molecular formula is C24H22N4O2S2. The molecule has 162 valence electrons. The molecule has 0 bridgehead atoms. The lowest BCUT2D eigenvalue weighted by Gasteiger charge is -2.20. The molecule has 0 aliphatic heterocycles. The van der Waals surface area contributed by atoms with Crippen molar-refractivity contribution in [1.29, 1.82) is 0 Å². The van der Waals surface area contributed by atoms with Crippen LogP contribution < -0.4 is 16.8 Å². The summed E-state index contributed by atoms with van der Waals surface area (Å²) in [5.41, 5.74) is 16.7. The number of benzene rings is 1. The minimum Gasteiger partial charge on any atom is -0.397 e. The van der Waals surface area contributed by atoms with Crippen molar-refractivity contribution in [3.8, 4) is 11.1 Å². The Balaban J connectivity index is 1.50. The third-order valence-electron chi connectivity index (χ3n) is 5.89. The highest BCUT2D eigenvalue weighted by Gasteiger charge is 2.25. The number of amides is 2. The Morgan fingerprint density at radius 2 is 2.00 bits per heavy atom. The van der Waals surface area contributed by atoms with E-state index >= 15 is 0 Å². The Morgan fingerprint density at radius 1 is 1.22 bits per heavy atom. The number of nitrogens with zero attached hydrogens (tertiary/aromatic N) is 1. The Morgan fingerprint density at radius 3 is 2.75 bits per heavy atom. The van der Waals surface area contributed by atoms with Gasteiger partial charge in [-0.3, -0.25) is 9.59 Å². The van der Waals surface area contributed by atoms with Gasteiger partial charge in [0.05, 0.1) is 11.3 Å². The van der Waals surface area contributed by atoms with Gasteiger partial charge in [0.2, 0.25) is 0 Å². The number of carbonyl (C=O) groups excluding carboxylic acids is 2. The van der Waals surface area contributed by atoms with Gasteiger partial charge in [0.15, 0.2) is 0 Å². The summed E-state index contributed by atoms with van der Waals surface area (Å²) in [4.78, 5) is 31.3. The molecule has 1 aliphatic carbocycles. The standard InChI is InChI=1S/C24H22N4O2S2/c1-12-7-8-17-14(9-12)10-15-19(25)20(32-23(15)27-17)22(30)28-24-18(21(26)29)16(11-31-24)13-5-3-2-4-6-13/h2-6,10-12H,7-9,25H2,1H3,(H2,26,29)(H,28,30). The van der Waals surface area contributed by atoms with Crippen LogP contribution in [0.2, 0.25) is 0 Å². The lowest BCUT2D eigenvalue weighted by Crippen LogP contribution is -2.17. The first-order valence-corrected chi connectivity index (χ1v) is 12.1. The minimum atomic E-state index is -0.590. The number of aromatic nitrogens is 1. The van der Waals surface area contributed by atoms with Crippen LogP contribution in [0.4, 0.5) is 10.7 Å². The summed E-state index contributed by atoms with van der Waals surface area (Å²) >= 11 is 2.55. The van der Waals surface area contributed by atoms with Crippen molar-refractivity contribution in [2.75, 3.05) is 11.1 Å². The quantitative estimate of drug-likeness (QED) is 0.392. The molecule has 2 amide bonds. The number of hydrogen-bond acceptors (Lipinski definition) is 6. The zero-order valence-electron chi connectivity index (χ0n) is 17.5. The maximum absolute atomic E-state index is 13.1. The van der Waals surface area contributed by atoms with E-state index in [0.29, 0.717) is 32.6 Å². The molecule has 5 rings (SSSR count). The molecular weight excluding hydrogens is 440 g/mol. The highest BCUT2D eigenvalue weighted by atomic mass is 32.1. The van der Waals surface area contributed by atoms with E-state index in [1.807, 2.05) is 35.7 Å². The summed E-state index contributed by atoms with van der Waals surface area (Å²) in [6.07, 6.45) is 3.05. The molecule has 0 saturated heterocycles. The Hall–Kier alpha value is -3.23. The Kier molecular flexibility index (Phi) is 5.19. The Labute approximate surface area is 193 Å². The lowest BCUT2D eigenvalue weighted by molar-refractivity contribution is 0.100. The van der Waals surface area contributed by atoms with Crippen LogP contribution in [0.3, 0.4) is 0 Å². The second-order valence-corrected chi connectivity index (χ2v) is 10.1. The fourth-order valence-electron chi connectivity index (χ4n) is 4.23. The second-order valence-electron chi connectivity index (χ2n) is 8.18. The van der Waals surface area contributed by atoms with Crippen LogP contribution in [0.25, 0.3) is 21.3 Å². The van der Waals surface area contributed by atoms with E-state index in [1.54, 1.807) is 0 Å². The van der Waals surface area contributed by atoms with Gasteiger partial charge in [-0.2, -0.15) is 0 Å². The molecule has 8 heteroatoms. The number of pyridine rings is 1. The zero-order valence-corrected chi connectivity index (χ0v) is 19.1. The van der Waals surface area contributed by atoms with Crippen LogP contribution in [-0.4, -0.2) is 16.8 Å². The maximum Gasteiger partial charge on any atom is 0.268 e. The molecule has 3 heterocycles. The van der Waals surface area contributed by atoms with Crippen molar-refractivity contribution in [3.05, 3.63) is 63.5 Å². The molecule has 3 aromatic heterocycles. The first kappa shape index (κ1) is 20.7. The van der Waals surface area contributed by atoms with Crippen molar-refractivity contribution in [3.63, 3.8) is 0 Å². The van der Waals surface area contributed by atoms with Crippen molar-refractivity contribution < 1.29 is 9.59 Å². The van der Waals surface area contributed by atoms with E-state index in [9.17, 15) is 9.59 Å². The highest BCUT2D eigenvalue weighted by Crippen LogP contribution is 2.39. The van der Waals surface area contributed by atoms with Crippen LogP contribution in [0.1, 0.15) is 44.6 Å². The molecule has 0 radical (unpaired) electrons. The van der Waals surface area contributed by atoms with Gasteiger partial charge < -0.3 is 16.8 Å². The summed E-state index contributed by atoms with van der Waals surface area (Å²) in [5, 5.41) is 5.92. The smallest absolute Gasteiger partial charge is 0.268 e. The zero-order chi connectivity index (χ0) is 22.4. The van der Waals surface area contributed by atoms with Gasteiger partial charge >= 0.3 is 0 Å². The van der Waals surface area contributed by atoms with E-state index in [-0.39, 0.29) is 5.91 Å². The molecule has 4 aromatic rings. The molecule has 0 fully saturated rings. The number of nitrogen functional groups attached to an aromatic ring is 1. The van der Waals surface area contributed by atoms with Crippen molar-refractivity contribution in [1.82, 2.24) is 4.98 Å². The number of primary amides is 1. The number of aryl methyl sites for hydroxylation is 1. The molecule has 32 heavy (non-hydrogen) atoms. The Bertz CT molecular complexity index is 1360. The van der Waals surface area contributed by atoms with Crippen LogP contribution >= 0.6 is 22.7 Å². The number of nitrogens with one attached hydrogen (secondary N) is 1. The number of carbonyl (C=O) groups is 2. The number of hydrogen-bond donors (Lipinski definition) is 3. The summed E-state index contributed by atoms with van der Waals surface area (Å²) in [5.74, 6) is -0.330. The largest absolute Gasteiger partial charge is 0.397 e. The van der Waals surface area contributed by atoms with Crippen LogP contribution in [0.5, 0.6) is 0 Å². The summed E-state index contributed by atoms with van der Waals surface area (Å²) in [7, 11) is 0. The molecule has 1 aromatic carbocycles. The average Bonchev–Trinajstić information content (AvgIpc) is 3.34. The minimum absolute atomic E-state index is 0.303. The predicted octanol–water partition coefficient (Wildman–Crippen LogP) is 5.08. The van der Waals surface area contributed by atoms with E-state index in [2.05, 4.69) is 18.3 Å². The fourth-order valence-corrected chi connectivity index (χ4v) is 6.19. The van der Waals surface area contributed by atoms with Crippen LogP contribution in [0, 0.1) is 5.92 Å². The summed E-state index contributed by atoms with van der Waals surface area (Å²) in [6, 6.07) is 11.6. The van der Waals surface area contributed by atoms with Gasteiger partial charge in [0, 0.05) is 22.0 Å². The molecule has 0 spiro atoms. The third-order valence-corrected chi connectivity index (χ3v) is 7.90. The second kappa shape index (κ2) is 8.03. The molecule has 0 saturated carbocycles. The summed E-state index contributed by atoms with van der Waals surface area (Å²) < 4.78 is 0. The fraction of sp³-hybridized carbons (Fsp3) is 0.208. The topological polar surface area (TPSA) is 111 Å². The molecule has 1 unspecified atom stereocenters. The van der Waals surface area contributed by atoms with Gasteiger partial charge in [-0.25, -0.2) is 4.98 Å². The molecule has 5 N–H and O–H groups in total. The van der Waals surface area contributed by atoms with E-state index in [1.165, 1.54) is 28.2 Å². The van der Waals surface area contributed by atoms with E-state index in [4.69, 9.17) is 16.5 Å². The number of nitrogens with two attached hydrogens (primary N) is 2. The first-order chi connectivity index (χ1) is 15.4. The normalized spacial score (nSPS) is 15.5. The van der Waals surface area contributed by atoms with Gasteiger partial charge in [0.1, 0.15) is 14.7 Å². The summed E-state index contributed by atoms with van der Waals surface area (Å²) in [6.45, 7) is 2.24. The van der Waals surface area contributed by atoms with Gasteiger partial charge in [-0.1, -0.05) is 37.3 Å². The maximum atomic E-state index is 13.1. The average molecular weight is 463 g/mol. The third kappa shape index (κ3) is 3.55. The van der Waals surface area contributed by atoms with Crippen molar-refractivity contribution in [2.45, 2.75) is 26.2 Å². The first-order valence-electron chi connectivity index (χ1n) is 10.4. The van der Waals surface area contributed by atoms with E-state index < -0.39 is 5.91 Å². The molecule has 1 aliphatic rings. The van der Waals surface area contributed by atoms with Gasteiger partial charge in [-0.05, 0) is 42.4 Å². The number of anilines is 2. The van der Waals surface area contributed by atoms with E-state index in [0.717, 1.165) is 40.7 Å². The SMILES string of the molecule is CC1CCc2nc3sc(C(=O)Nc4scc(-c5ccccc5)c4C(N)=O)c(N)c3cc2C1. The van der Waals surface area contributed by atoms with Crippen molar-refractivity contribution in [2.24, 2.45) is 11.7 Å². The van der Waals surface area contributed by atoms with Gasteiger partial charge in [-0.15, -0.1) is 22.7 Å². The predicted molar refractivity (Wildman–Crippen MR) is 131 cm³/mol. The lowest BCUT2D eigenvalue weighted by atomic mass is 9.87. The van der Waals surface area contributed by atoms with Crippen molar-refractivity contribution >= 4 is 55.4 Å².